The number of amides is 1. The summed E-state index contributed by atoms with van der Waals surface area (Å²) in [4.78, 5) is 19.7. The van der Waals surface area contributed by atoms with Gasteiger partial charge < -0.3 is 9.47 Å². The minimum Gasteiger partial charge on any atom is -0.494 e. The second kappa shape index (κ2) is 8.66. The van der Waals surface area contributed by atoms with Crippen LogP contribution in [0.4, 0.5) is 5.13 Å². The van der Waals surface area contributed by atoms with Gasteiger partial charge in [-0.05, 0) is 43.2 Å². The molecule has 0 aliphatic carbocycles. The van der Waals surface area contributed by atoms with Gasteiger partial charge in [-0.1, -0.05) is 46.1 Å². The molecule has 2 heterocycles. The van der Waals surface area contributed by atoms with Crippen molar-refractivity contribution in [3.05, 3.63) is 51.0 Å². The van der Waals surface area contributed by atoms with E-state index in [4.69, 9.17) is 44.3 Å². The normalized spacial score (nSPS) is 16.3. The highest BCUT2D eigenvalue weighted by atomic mass is 35.5. The van der Waals surface area contributed by atoms with E-state index in [0.717, 1.165) is 17.5 Å². The van der Waals surface area contributed by atoms with Crippen molar-refractivity contribution in [3.63, 3.8) is 0 Å². The SMILES string of the molecule is COc1ccc(Cl)c2sc(N(CC3CCCO3)C(=O)c3ccc(Cl)cc3Cl)nc12. The summed E-state index contributed by atoms with van der Waals surface area (Å²) in [6.45, 7) is 1.06. The zero-order valence-corrected chi connectivity index (χ0v) is 18.5. The first-order valence-electron chi connectivity index (χ1n) is 8.99. The van der Waals surface area contributed by atoms with E-state index in [1.807, 2.05) is 0 Å². The Morgan fingerprint density at radius 2 is 2.10 bits per heavy atom. The topological polar surface area (TPSA) is 51.7 Å². The summed E-state index contributed by atoms with van der Waals surface area (Å²) in [6, 6.07) is 8.34. The third-order valence-corrected chi connectivity index (χ3v) is 6.80. The molecule has 1 unspecified atom stereocenters. The van der Waals surface area contributed by atoms with E-state index in [9.17, 15) is 4.79 Å². The number of halogens is 3. The van der Waals surface area contributed by atoms with Crippen LogP contribution < -0.4 is 9.64 Å². The first-order chi connectivity index (χ1) is 14.0. The molecule has 0 bridgehead atoms. The maximum Gasteiger partial charge on any atom is 0.261 e. The van der Waals surface area contributed by atoms with Crippen LogP contribution in [0.3, 0.4) is 0 Å². The number of hydrogen-bond acceptors (Lipinski definition) is 5. The molecule has 9 heteroatoms. The van der Waals surface area contributed by atoms with Crippen LogP contribution in [0.15, 0.2) is 30.3 Å². The Morgan fingerprint density at radius 3 is 2.79 bits per heavy atom. The lowest BCUT2D eigenvalue weighted by Gasteiger charge is -2.23. The van der Waals surface area contributed by atoms with Gasteiger partial charge in [-0.3, -0.25) is 9.69 Å². The third-order valence-electron chi connectivity index (χ3n) is 4.71. The first kappa shape index (κ1) is 20.7. The molecule has 3 aromatic rings. The Bertz CT molecular complexity index is 1070. The number of nitrogens with zero attached hydrogens (tertiary/aromatic N) is 2. The summed E-state index contributed by atoms with van der Waals surface area (Å²) < 4.78 is 11.9. The molecular weight excluding hydrogens is 455 g/mol. The van der Waals surface area contributed by atoms with Crippen molar-refractivity contribution in [1.82, 2.24) is 4.98 Å². The van der Waals surface area contributed by atoms with Gasteiger partial charge in [0.2, 0.25) is 0 Å². The summed E-state index contributed by atoms with van der Waals surface area (Å²) >= 11 is 20.0. The van der Waals surface area contributed by atoms with Crippen molar-refractivity contribution < 1.29 is 14.3 Å². The molecule has 1 aromatic heterocycles. The molecule has 1 amide bonds. The molecule has 4 rings (SSSR count). The summed E-state index contributed by atoms with van der Waals surface area (Å²) in [5.74, 6) is 0.331. The minimum atomic E-state index is -0.267. The quantitative estimate of drug-likeness (QED) is 0.452. The molecule has 1 aliphatic rings. The number of thiazole rings is 1. The third kappa shape index (κ3) is 4.18. The van der Waals surface area contributed by atoms with Crippen LogP contribution in [0.5, 0.6) is 5.75 Å². The summed E-state index contributed by atoms with van der Waals surface area (Å²) in [7, 11) is 1.57. The highest BCUT2D eigenvalue weighted by Crippen LogP contribution is 2.39. The molecular formula is C20H17Cl3N2O3S. The van der Waals surface area contributed by atoms with E-state index in [2.05, 4.69) is 4.98 Å². The molecule has 0 N–H and O–H groups in total. The van der Waals surface area contributed by atoms with Crippen LogP contribution in [-0.4, -0.2) is 37.3 Å². The molecule has 152 valence electrons. The Kier molecular flexibility index (Phi) is 6.18. The zero-order valence-electron chi connectivity index (χ0n) is 15.5. The molecule has 1 aliphatic heterocycles. The molecule has 1 fully saturated rings. The average molecular weight is 472 g/mol. The van der Waals surface area contributed by atoms with Crippen LogP contribution in [0.2, 0.25) is 15.1 Å². The first-order valence-corrected chi connectivity index (χ1v) is 10.9. The molecule has 1 saturated heterocycles. The van der Waals surface area contributed by atoms with Gasteiger partial charge >= 0.3 is 0 Å². The Labute approximate surface area is 187 Å². The smallest absolute Gasteiger partial charge is 0.261 e. The van der Waals surface area contributed by atoms with Gasteiger partial charge in [0.25, 0.3) is 5.91 Å². The Balaban J connectivity index is 1.79. The van der Waals surface area contributed by atoms with E-state index in [-0.39, 0.29) is 17.0 Å². The van der Waals surface area contributed by atoms with E-state index in [1.165, 1.54) is 11.3 Å². The Hall–Kier alpha value is -1.57. The van der Waals surface area contributed by atoms with Crippen LogP contribution in [0.25, 0.3) is 10.2 Å². The lowest BCUT2D eigenvalue weighted by molar-refractivity contribution is 0.0917. The number of benzene rings is 2. The average Bonchev–Trinajstić information content (AvgIpc) is 3.36. The van der Waals surface area contributed by atoms with Crippen molar-refractivity contribution in [2.24, 2.45) is 0 Å². The molecule has 29 heavy (non-hydrogen) atoms. The molecule has 2 aromatic carbocycles. The van der Waals surface area contributed by atoms with E-state index in [0.29, 0.717) is 45.2 Å². The fraction of sp³-hybridized carbons (Fsp3) is 0.300. The predicted octanol–water partition coefficient (Wildman–Crippen LogP) is 6.09. The van der Waals surface area contributed by atoms with E-state index >= 15 is 0 Å². The maximum atomic E-state index is 13.4. The minimum absolute atomic E-state index is 0.0607. The molecule has 1 atom stereocenters. The van der Waals surface area contributed by atoms with Crippen molar-refractivity contribution in [2.45, 2.75) is 18.9 Å². The van der Waals surface area contributed by atoms with Gasteiger partial charge in [-0.15, -0.1) is 0 Å². The van der Waals surface area contributed by atoms with Gasteiger partial charge in [0.15, 0.2) is 5.13 Å². The second-order valence-corrected chi connectivity index (χ2v) is 8.83. The second-order valence-electron chi connectivity index (χ2n) is 6.60. The standard InChI is InChI=1S/C20H17Cl3N2O3S/c1-27-16-7-6-14(22)18-17(16)24-20(29-18)25(10-12-3-2-8-28-12)19(26)13-5-4-11(21)9-15(13)23/h4-7,9,12H,2-3,8,10H2,1H3. The van der Waals surface area contributed by atoms with E-state index in [1.54, 1.807) is 42.3 Å². The van der Waals surface area contributed by atoms with Gasteiger partial charge in [0.05, 0.1) is 40.1 Å². The summed E-state index contributed by atoms with van der Waals surface area (Å²) in [5.41, 5.74) is 0.971. The molecule has 5 nitrogen and oxygen atoms in total. The Morgan fingerprint density at radius 1 is 1.28 bits per heavy atom. The fourth-order valence-corrected chi connectivity index (χ4v) is 5.02. The van der Waals surface area contributed by atoms with Crippen molar-refractivity contribution in [3.8, 4) is 5.75 Å². The van der Waals surface area contributed by atoms with Gasteiger partial charge in [-0.25, -0.2) is 4.98 Å². The lowest BCUT2D eigenvalue weighted by Crippen LogP contribution is -2.37. The fourth-order valence-electron chi connectivity index (χ4n) is 3.27. The van der Waals surface area contributed by atoms with Crippen LogP contribution in [-0.2, 0) is 4.74 Å². The molecule has 0 saturated carbocycles. The predicted molar refractivity (Wildman–Crippen MR) is 118 cm³/mol. The summed E-state index contributed by atoms with van der Waals surface area (Å²) in [6.07, 6.45) is 1.79. The number of carbonyl (C=O) groups excluding carboxylic acids is 1. The van der Waals surface area contributed by atoms with Gasteiger partial charge in [-0.2, -0.15) is 0 Å². The monoisotopic (exact) mass is 470 g/mol. The molecule has 0 spiro atoms. The van der Waals surface area contributed by atoms with Crippen molar-refractivity contribution in [2.75, 3.05) is 25.2 Å². The number of ether oxygens (including phenoxy) is 2. The van der Waals surface area contributed by atoms with E-state index < -0.39 is 0 Å². The number of fused-ring (bicyclic) bond motifs is 1. The van der Waals surface area contributed by atoms with Crippen molar-refractivity contribution >= 4 is 67.4 Å². The highest BCUT2D eigenvalue weighted by Gasteiger charge is 2.29. The van der Waals surface area contributed by atoms with Crippen molar-refractivity contribution in [1.29, 1.82) is 0 Å². The number of hydrogen-bond donors (Lipinski definition) is 0. The van der Waals surface area contributed by atoms with Gasteiger partial charge in [0.1, 0.15) is 11.3 Å². The van der Waals surface area contributed by atoms with Crippen LogP contribution >= 0.6 is 46.1 Å². The van der Waals surface area contributed by atoms with Gasteiger partial charge in [0, 0.05) is 11.6 Å². The molecule has 0 radical (unpaired) electrons. The largest absolute Gasteiger partial charge is 0.494 e. The summed E-state index contributed by atoms with van der Waals surface area (Å²) in [5, 5.41) is 1.82. The lowest BCUT2D eigenvalue weighted by atomic mass is 10.1. The number of methoxy groups -OCH3 is 1. The number of carbonyl (C=O) groups is 1. The number of aromatic nitrogens is 1. The van der Waals surface area contributed by atoms with Crippen LogP contribution in [0.1, 0.15) is 23.2 Å². The van der Waals surface area contributed by atoms with Crippen LogP contribution in [0, 0.1) is 0 Å². The number of anilines is 1. The zero-order chi connectivity index (χ0) is 20.5. The number of rotatable bonds is 5. The maximum absolute atomic E-state index is 13.4. The highest BCUT2D eigenvalue weighted by molar-refractivity contribution is 7.23.